The standard InChI is InChI=1S/C15H21NS/c1-17-15-4-2-3-14(9-15)16-10-13-8-11-5-6-12(13)7-11/h2-4,9,11-13,16H,5-8,10H2,1H3. The van der Waals surface area contributed by atoms with Crippen LogP contribution in [0.4, 0.5) is 5.69 Å². The summed E-state index contributed by atoms with van der Waals surface area (Å²) < 4.78 is 0. The van der Waals surface area contributed by atoms with Crippen LogP contribution in [0.2, 0.25) is 0 Å². The van der Waals surface area contributed by atoms with E-state index in [0.29, 0.717) is 0 Å². The molecule has 1 aromatic rings. The third kappa shape index (κ3) is 2.47. The molecule has 0 spiro atoms. The summed E-state index contributed by atoms with van der Waals surface area (Å²) in [5.41, 5.74) is 1.29. The molecule has 1 N–H and O–H groups in total. The number of nitrogens with one attached hydrogen (secondary N) is 1. The van der Waals surface area contributed by atoms with E-state index >= 15 is 0 Å². The van der Waals surface area contributed by atoms with E-state index in [4.69, 9.17) is 0 Å². The van der Waals surface area contributed by atoms with Crippen LogP contribution in [0.3, 0.4) is 0 Å². The van der Waals surface area contributed by atoms with Crippen LogP contribution < -0.4 is 5.32 Å². The van der Waals surface area contributed by atoms with Crippen molar-refractivity contribution in [2.45, 2.75) is 30.6 Å². The van der Waals surface area contributed by atoms with E-state index in [1.807, 2.05) is 11.8 Å². The van der Waals surface area contributed by atoms with Crippen LogP contribution in [0, 0.1) is 17.8 Å². The zero-order valence-electron chi connectivity index (χ0n) is 10.5. The van der Waals surface area contributed by atoms with E-state index in [0.717, 1.165) is 17.8 Å². The molecule has 3 unspecified atom stereocenters. The van der Waals surface area contributed by atoms with Gasteiger partial charge in [-0.2, -0.15) is 0 Å². The Hall–Kier alpha value is -0.630. The molecular weight excluding hydrogens is 226 g/mol. The minimum Gasteiger partial charge on any atom is -0.385 e. The number of fused-ring (bicyclic) bond motifs is 2. The first kappa shape index (κ1) is 11.5. The summed E-state index contributed by atoms with van der Waals surface area (Å²) in [6.45, 7) is 1.18. The van der Waals surface area contributed by atoms with Gasteiger partial charge in [-0.1, -0.05) is 12.5 Å². The van der Waals surface area contributed by atoms with Gasteiger partial charge >= 0.3 is 0 Å². The van der Waals surface area contributed by atoms with Gasteiger partial charge in [-0.3, -0.25) is 0 Å². The van der Waals surface area contributed by atoms with Crippen molar-refractivity contribution in [1.82, 2.24) is 0 Å². The van der Waals surface area contributed by atoms with Crippen molar-refractivity contribution in [2.24, 2.45) is 17.8 Å². The summed E-state index contributed by atoms with van der Waals surface area (Å²) in [4.78, 5) is 1.35. The second kappa shape index (κ2) is 4.93. The van der Waals surface area contributed by atoms with E-state index in [2.05, 4.69) is 35.8 Å². The van der Waals surface area contributed by atoms with Gasteiger partial charge in [0.2, 0.25) is 0 Å². The van der Waals surface area contributed by atoms with Gasteiger partial charge in [0.25, 0.3) is 0 Å². The molecule has 0 heterocycles. The molecule has 0 aromatic heterocycles. The molecule has 3 rings (SSSR count). The monoisotopic (exact) mass is 247 g/mol. The van der Waals surface area contributed by atoms with Crippen molar-refractivity contribution >= 4 is 17.4 Å². The summed E-state index contributed by atoms with van der Waals surface area (Å²) in [5.74, 6) is 3.02. The summed E-state index contributed by atoms with van der Waals surface area (Å²) in [7, 11) is 0. The Morgan fingerprint density at radius 3 is 2.94 bits per heavy atom. The maximum atomic E-state index is 3.63. The maximum Gasteiger partial charge on any atom is 0.0351 e. The summed E-state index contributed by atoms with van der Waals surface area (Å²) in [6, 6.07) is 8.77. The fourth-order valence-electron chi connectivity index (χ4n) is 3.61. The number of hydrogen-bond acceptors (Lipinski definition) is 2. The molecule has 1 nitrogen and oxygen atoms in total. The lowest BCUT2D eigenvalue weighted by atomic mass is 9.89. The molecule has 0 aliphatic heterocycles. The highest BCUT2D eigenvalue weighted by atomic mass is 32.2. The largest absolute Gasteiger partial charge is 0.385 e. The third-order valence-corrected chi connectivity index (χ3v) is 5.25. The van der Waals surface area contributed by atoms with E-state index in [9.17, 15) is 0 Å². The molecule has 0 saturated heterocycles. The van der Waals surface area contributed by atoms with Gasteiger partial charge in [0, 0.05) is 17.1 Å². The first-order valence-corrected chi connectivity index (χ1v) is 7.95. The average Bonchev–Trinajstić information content (AvgIpc) is 2.99. The normalized spacial score (nSPS) is 30.8. The molecule has 2 heteroatoms. The van der Waals surface area contributed by atoms with Crippen molar-refractivity contribution < 1.29 is 0 Å². The first-order valence-electron chi connectivity index (χ1n) is 6.73. The van der Waals surface area contributed by atoms with Gasteiger partial charge in [0.1, 0.15) is 0 Å². The number of anilines is 1. The van der Waals surface area contributed by atoms with Crippen molar-refractivity contribution in [1.29, 1.82) is 0 Å². The van der Waals surface area contributed by atoms with Gasteiger partial charge in [0.05, 0.1) is 0 Å². The van der Waals surface area contributed by atoms with Crippen LogP contribution in [-0.4, -0.2) is 12.8 Å². The van der Waals surface area contributed by atoms with Crippen molar-refractivity contribution in [3.05, 3.63) is 24.3 Å². The van der Waals surface area contributed by atoms with Crippen molar-refractivity contribution in [2.75, 3.05) is 18.1 Å². The van der Waals surface area contributed by atoms with E-state index in [-0.39, 0.29) is 0 Å². The molecule has 0 radical (unpaired) electrons. The molecule has 92 valence electrons. The van der Waals surface area contributed by atoms with E-state index in [1.54, 1.807) is 0 Å². The van der Waals surface area contributed by atoms with Gasteiger partial charge in [-0.05, 0) is 61.5 Å². The average molecular weight is 247 g/mol. The molecule has 3 atom stereocenters. The Labute approximate surface area is 108 Å². The Bertz CT molecular complexity index is 390. The predicted octanol–water partition coefficient (Wildman–Crippen LogP) is 4.26. The lowest BCUT2D eigenvalue weighted by molar-refractivity contribution is 0.348. The van der Waals surface area contributed by atoms with E-state index < -0.39 is 0 Å². The van der Waals surface area contributed by atoms with Crippen LogP contribution in [0.15, 0.2) is 29.2 Å². The van der Waals surface area contributed by atoms with Crippen LogP contribution in [-0.2, 0) is 0 Å². The SMILES string of the molecule is CSc1cccc(NCC2CC3CCC2C3)c1. The maximum absolute atomic E-state index is 3.63. The minimum absolute atomic E-state index is 0.937. The zero-order valence-corrected chi connectivity index (χ0v) is 11.3. The lowest BCUT2D eigenvalue weighted by Crippen LogP contribution is -2.20. The van der Waals surface area contributed by atoms with Gasteiger partial charge in [-0.25, -0.2) is 0 Å². The molecule has 2 aliphatic carbocycles. The summed E-state index contributed by atoms with van der Waals surface area (Å²) in [6.07, 6.45) is 8.11. The molecule has 2 saturated carbocycles. The number of thioether (sulfide) groups is 1. The lowest BCUT2D eigenvalue weighted by Gasteiger charge is -2.22. The minimum atomic E-state index is 0.937. The topological polar surface area (TPSA) is 12.0 Å². The predicted molar refractivity (Wildman–Crippen MR) is 75.7 cm³/mol. The number of rotatable bonds is 4. The summed E-state index contributed by atoms with van der Waals surface area (Å²) >= 11 is 1.81. The first-order chi connectivity index (χ1) is 8.35. The zero-order chi connectivity index (χ0) is 11.7. The Morgan fingerprint density at radius 1 is 1.29 bits per heavy atom. The smallest absolute Gasteiger partial charge is 0.0351 e. The fourth-order valence-corrected chi connectivity index (χ4v) is 4.07. The van der Waals surface area contributed by atoms with Crippen LogP contribution in [0.5, 0.6) is 0 Å². The second-order valence-electron chi connectivity index (χ2n) is 5.55. The Balaban J connectivity index is 1.56. The number of hydrogen-bond donors (Lipinski definition) is 1. The molecule has 1 aromatic carbocycles. The molecule has 2 aliphatic rings. The Kier molecular flexibility index (Phi) is 3.32. The molecule has 17 heavy (non-hydrogen) atoms. The van der Waals surface area contributed by atoms with Crippen molar-refractivity contribution in [3.63, 3.8) is 0 Å². The summed E-state index contributed by atoms with van der Waals surface area (Å²) in [5, 5.41) is 3.63. The molecule has 2 bridgehead atoms. The highest BCUT2D eigenvalue weighted by Crippen LogP contribution is 2.48. The van der Waals surface area contributed by atoms with Gasteiger partial charge < -0.3 is 5.32 Å². The van der Waals surface area contributed by atoms with Gasteiger partial charge in [-0.15, -0.1) is 11.8 Å². The van der Waals surface area contributed by atoms with Crippen molar-refractivity contribution in [3.8, 4) is 0 Å². The van der Waals surface area contributed by atoms with Crippen LogP contribution in [0.25, 0.3) is 0 Å². The quantitative estimate of drug-likeness (QED) is 0.798. The fraction of sp³-hybridized carbons (Fsp3) is 0.600. The number of benzene rings is 1. The van der Waals surface area contributed by atoms with Gasteiger partial charge in [0.15, 0.2) is 0 Å². The highest BCUT2D eigenvalue weighted by Gasteiger charge is 2.38. The Morgan fingerprint density at radius 2 is 2.24 bits per heavy atom. The third-order valence-electron chi connectivity index (χ3n) is 4.52. The molecular formula is C15H21NS. The van der Waals surface area contributed by atoms with Crippen LogP contribution >= 0.6 is 11.8 Å². The molecule has 0 amide bonds. The second-order valence-corrected chi connectivity index (χ2v) is 6.43. The highest BCUT2D eigenvalue weighted by molar-refractivity contribution is 7.98. The van der Waals surface area contributed by atoms with E-state index in [1.165, 1.54) is 42.8 Å². The van der Waals surface area contributed by atoms with Crippen LogP contribution in [0.1, 0.15) is 25.7 Å². The molecule has 2 fully saturated rings.